The van der Waals surface area contributed by atoms with Crippen molar-refractivity contribution >= 4 is 5.82 Å². The first-order valence-corrected chi connectivity index (χ1v) is 10.1. The highest BCUT2D eigenvalue weighted by Crippen LogP contribution is 2.34. The molecule has 156 valence electrons. The molecule has 31 heavy (non-hydrogen) atoms. The standard InChI is InChI=1S/C26H24FN3O/c1-17-14-21(12-13-28-17)24-10-6-20(15-25(24)31-3)22-7-11-26(29-16-22)30-18(2)19-4-8-23(27)9-5-19/h4-16,18H,1-3H3,(H,29,30)/t18-/m0/s1. The minimum atomic E-state index is -0.237. The SMILES string of the molecule is COc1cc(-c2ccc(N[C@@H](C)c3ccc(F)cc3)nc2)ccc1-c1ccnc(C)c1. The topological polar surface area (TPSA) is 47.0 Å². The molecule has 0 bridgehead atoms. The summed E-state index contributed by atoms with van der Waals surface area (Å²) >= 11 is 0. The molecule has 0 spiro atoms. The lowest BCUT2D eigenvalue weighted by Crippen LogP contribution is -2.07. The van der Waals surface area contributed by atoms with Crippen molar-refractivity contribution in [2.75, 3.05) is 12.4 Å². The van der Waals surface area contributed by atoms with E-state index in [1.807, 2.05) is 50.4 Å². The third-order valence-electron chi connectivity index (χ3n) is 5.24. The van der Waals surface area contributed by atoms with Crippen LogP contribution in [0.25, 0.3) is 22.3 Å². The Bertz CT molecular complexity index is 1170. The van der Waals surface area contributed by atoms with Crippen molar-refractivity contribution in [2.24, 2.45) is 0 Å². The second kappa shape index (κ2) is 8.96. The normalized spacial score (nSPS) is 11.7. The molecule has 4 nitrogen and oxygen atoms in total. The summed E-state index contributed by atoms with van der Waals surface area (Å²) in [6, 6.07) is 20.7. The van der Waals surface area contributed by atoms with E-state index in [2.05, 4.69) is 27.4 Å². The summed E-state index contributed by atoms with van der Waals surface area (Å²) in [6.07, 6.45) is 3.64. The van der Waals surface area contributed by atoms with Crippen LogP contribution in [0.2, 0.25) is 0 Å². The number of aromatic nitrogens is 2. The van der Waals surface area contributed by atoms with E-state index in [0.29, 0.717) is 0 Å². The number of rotatable bonds is 6. The maximum Gasteiger partial charge on any atom is 0.127 e. The Hall–Kier alpha value is -3.73. The molecule has 2 aromatic carbocycles. The number of hydrogen-bond acceptors (Lipinski definition) is 4. The van der Waals surface area contributed by atoms with Crippen LogP contribution in [-0.2, 0) is 0 Å². The van der Waals surface area contributed by atoms with E-state index >= 15 is 0 Å². The van der Waals surface area contributed by atoms with Gasteiger partial charge in [0.15, 0.2) is 0 Å². The fraction of sp³-hybridized carbons (Fsp3) is 0.154. The van der Waals surface area contributed by atoms with Crippen LogP contribution in [0.3, 0.4) is 0 Å². The number of nitrogens with zero attached hydrogens (tertiary/aromatic N) is 2. The van der Waals surface area contributed by atoms with Gasteiger partial charge in [0, 0.05) is 35.3 Å². The van der Waals surface area contributed by atoms with Crippen LogP contribution in [0.1, 0.15) is 24.2 Å². The predicted molar refractivity (Wildman–Crippen MR) is 123 cm³/mol. The van der Waals surface area contributed by atoms with Gasteiger partial charge < -0.3 is 10.1 Å². The lowest BCUT2D eigenvalue weighted by atomic mass is 10.00. The van der Waals surface area contributed by atoms with Crippen LogP contribution in [0.4, 0.5) is 10.2 Å². The summed E-state index contributed by atoms with van der Waals surface area (Å²) in [5.74, 6) is 1.32. The van der Waals surface area contributed by atoms with Crippen LogP contribution in [0.5, 0.6) is 5.75 Å². The van der Waals surface area contributed by atoms with Gasteiger partial charge in [0.05, 0.1) is 7.11 Å². The van der Waals surface area contributed by atoms with Crippen molar-refractivity contribution in [3.8, 4) is 28.0 Å². The van der Waals surface area contributed by atoms with Crippen molar-refractivity contribution in [1.29, 1.82) is 0 Å². The molecule has 0 unspecified atom stereocenters. The van der Waals surface area contributed by atoms with E-state index in [9.17, 15) is 4.39 Å². The quantitative estimate of drug-likeness (QED) is 0.395. The van der Waals surface area contributed by atoms with Gasteiger partial charge in [0.2, 0.25) is 0 Å². The van der Waals surface area contributed by atoms with Crippen LogP contribution >= 0.6 is 0 Å². The van der Waals surface area contributed by atoms with Gasteiger partial charge in [-0.1, -0.05) is 24.3 Å². The number of ether oxygens (including phenoxy) is 1. The Labute approximate surface area is 181 Å². The molecular weight excluding hydrogens is 389 g/mol. The number of anilines is 1. The molecule has 0 fully saturated rings. The smallest absolute Gasteiger partial charge is 0.127 e. The van der Waals surface area contributed by atoms with E-state index in [0.717, 1.165) is 45.1 Å². The van der Waals surface area contributed by atoms with E-state index in [1.54, 1.807) is 25.4 Å². The predicted octanol–water partition coefficient (Wildman–Crippen LogP) is 6.44. The molecule has 2 aromatic heterocycles. The number of aryl methyl sites for hydroxylation is 1. The van der Waals surface area contributed by atoms with Gasteiger partial charge in [-0.25, -0.2) is 9.37 Å². The highest BCUT2D eigenvalue weighted by Gasteiger charge is 2.10. The number of pyridine rings is 2. The van der Waals surface area contributed by atoms with Crippen LogP contribution < -0.4 is 10.1 Å². The molecule has 0 saturated carbocycles. The van der Waals surface area contributed by atoms with E-state index in [4.69, 9.17) is 4.74 Å². The van der Waals surface area contributed by atoms with E-state index < -0.39 is 0 Å². The average molecular weight is 413 g/mol. The molecule has 4 aromatic rings. The Balaban J connectivity index is 1.54. The van der Waals surface area contributed by atoms with Crippen molar-refractivity contribution < 1.29 is 9.13 Å². The van der Waals surface area contributed by atoms with E-state index in [1.165, 1.54) is 12.1 Å². The Morgan fingerprint density at radius 1 is 0.871 bits per heavy atom. The third kappa shape index (κ3) is 4.72. The summed E-state index contributed by atoms with van der Waals surface area (Å²) in [5, 5.41) is 3.35. The van der Waals surface area contributed by atoms with Crippen LogP contribution in [0.15, 0.2) is 79.1 Å². The summed E-state index contributed by atoms with van der Waals surface area (Å²) in [4.78, 5) is 8.82. The first-order valence-electron chi connectivity index (χ1n) is 10.1. The van der Waals surface area contributed by atoms with Gasteiger partial charge in [0.25, 0.3) is 0 Å². The number of benzene rings is 2. The summed E-state index contributed by atoms with van der Waals surface area (Å²) in [6.45, 7) is 4.00. The van der Waals surface area contributed by atoms with E-state index in [-0.39, 0.29) is 11.9 Å². The van der Waals surface area contributed by atoms with Gasteiger partial charge in [-0.05, 0) is 73.0 Å². The number of hydrogen-bond donors (Lipinski definition) is 1. The molecule has 0 radical (unpaired) electrons. The molecular formula is C26H24FN3O. The lowest BCUT2D eigenvalue weighted by Gasteiger charge is -2.15. The summed E-state index contributed by atoms with van der Waals surface area (Å²) in [5.41, 5.74) is 6.08. The maximum absolute atomic E-state index is 13.1. The first kappa shape index (κ1) is 20.5. The monoisotopic (exact) mass is 413 g/mol. The molecule has 0 saturated heterocycles. The second-order valence-electron chi connectivity index (χ2n) is 7.45. The van der Waals surface area contributed by atoms with Crippen molar-refractivity contribution in [2.45, 2.75) is 19.9 Å². The van der Waals surface area contributed by atoms with Crippen molar-refractivity contribution in [1.82, 2.24) is 9.97 Å². The molecule has 4 rings (SSSR count). The zero-order valence-corrected chi connectivity index (χ0v) is 17.8. The number of halogens is 1. The molecule has 0 amide bonds. The zero-order chi connectivity index (χ0) is 21.8. The Kier molecular flexibility index (Phi) is 5.94. The lowest BCUT2D eigenvalue weighted by molar-refractivity contribution is 0.416. The molecule has 0 aliphatic rings. The number of nitrogens with one attached hydrogen (secondary N) is 1. The van der Waals surface area contributed by atoms with Gasteiger partial charge in [-0.2, -0.15) is 0 Å². The minimum Gasteiger partial charge on any atom is -0.496 e. The summed E-state index contributed by atoms with van der Waals surface area (Å²) in [7, 11) is 1.68. The number of methoxy groups -OCH3 is 1. The minimum absolute atomic E-state index is 0.0159. The molecule has 0 aliphatic carbocycles. The van der Waals surface area contributed by atoms with Gasteiger partial charge >= 0.3 is 0 Å². The molecule has 5 heteroatoms. The maximum atomic E-state index is 13.1. The fourth-order valence-electron chi connectivity index (χ4n) is 3.53. The van der Waals surface area contributed by atoms with Crippen molar-refractivity contribution in [3.63, 3.8) is 0 Å². The highest BCUT2D eigenvalue weighted by molar-refractivity contribution is 5.76. The first-order chi connectivity index (χ1) is 15.0. The molecule has 1 N–H and O–H groups in total. The Morgan fingerprint density at radius 2 is 1.65 bits per heavy atom. The van der Waals surface area contributed by atoms with Crippen molar-refractivity contribution in [3.05, 3.63) is 96.2 Å². The molecule has 2 heterocycles. The third-order valence-corrected chi connectivity index (χ3v) is 5.24. The fourth-order valence-corrected chi connectivity index (χ4v) is 3.53. The highest BCUT2D eigenvalue weighted by atomic mass is 19.1. The molecule has 1 atom stereocenters. The van der Waals surface area contributed by atoms with Crippen LogP contribution in [-0.4, -0.2) is 17.1 Å². The van der Waals surface area contributed by atoms with Gasteiger partial charge in [-0.3, -0.25) is 4.98 Å². The molecule has 0 aliphatic heterocycles. The summed E-state index contributed by atoms with van der Waals surface area (Å²) < 4.78 is 18.8. The van der Waals surface area contributed by atoms with Crippen LogP contribution in [0, 0.1) is 12.7 Å². The van der Waals surface area contributed by atoms with Gasteiger partial charge in [-0.15, -0.1) is 0 Å². The zero-order valence-electron chi connectivity index (χ0n) is 17.8. The second-order valence-corrected chi connectivity index (χ2v) is 7.45. The largest absolute Gasteiger partial charge is 0.496 e. The van der Waals surface area contributed by atoms with Gasteiger partial charge in [0.1, 0.15) is 17.4 Å². The average Bonchev–Trinajstić information content (AvgIpc) is 2.79. The Morgan fingerprint density at radius 3 is 2.32 bits per heavy atom.